The van der Waals surface area contributed by atoms with E-state index in [9.17, 15) is 9.59 Å². The van der Waals surface area contributed by atoms with Gasteiger partial charge in [-0.05, 0) is 38.2 Å². The van der Waals surface area contributed by atoms with Crippen LogP contribution >= 0.6 is 0 Å². The highest BCUT2D eigenvalue weighted by Crippen LogP contribution is 2.34. The van der Waals surface area contributed by atoms with Crippen molar-refractivity contribution in [2.45, 2.75) is 50.8 Å². The van der Waals surface area contributed by atoms with Crippen LogP contribution in [0.15, 0.2) is 30.3 Å². The summed E-state index contributed by atoms with van der Waals surface area (Å²) in [6.07, 6.45) is 3.60. The van der Waals surface area contributed by atoms with Crippen LogP contribution in [0, 0.1) is 5.92 Å². The van der Waals surface area contributed by atoms with E-state index in [1.54, 1.807) is 0 Å². The zero-order chi connectivity index (χ0) is 17.4. The summed E-state index contributed by atoms with van der Waals surface area (Å²) in [6, 6.07) is 9.84. The molecule has 25 heavy (non-hydrogen) atoms. The zero-order valence-corrected chi connectivity index (χ0v) is 14.8. The smallest absolute Gasteiger partial charge is 0.245 e. The van der Waals surface area contributed by atoms with Gasteiger partial charge < -0.3 is 14.5 Å². The summed E-state index contributed by atoms with van der Waals surface area (Å²) in [4.78, 5) is 29.5. The highest BCUT2D eigenvalue weighted by molar-refractivity contribution is 5.90. The second kappa shape index (κ2) is 6.79. The topological polar surface area (TPSA) is 49.9 Å². The van der Waals surface area contributed by atoms with Gasteiger partial charge in [-0.15, -0.1) is 0 Å². The molecule has 1 saturated carbocycles. The van der Waals surface area contributed by atoms with Crippen LogP contribution in [-0.2, 0) is 14.3 Å². The van der Waals surface area contributed by atoms with Gasteiger partial charge in [-0.3, -0.25) is 9.59 Å². The largest absolute Gasteiger partial charge is 0.370 e. The molecule has 0 spiro atoms. The fraction of sp³-hybridized carbons (Fsp3) is 0.600. The number of morpholine rings is 1. The van der Waals surface area contributed by atoms with Gasteiger partial charge in [0.2, 0.25) is 11.8 Å². The molecule has 4 rings (SSSR count). The maximum absolute atomic E-state index is 13.2. The average Bonchev–Trinajstić information content (AvgIpc) is 3.38. The normalized spacial score (nSPS) is 29.7. The fourth-order valence-corrected chi connectivity index (χ4v) is 3.98. The Morgan fingerprint density at radius 1 is 1.04 bits per heavy atom. The number of ether oxygens (including phenoxy) is 1. The number of rotatable bonds is 3. The quantitative estimate of drug-likeness (QED) is 0.847. The van der Waals surface area contributed by atoms with Crippen LogP contribution in [0.2, 0.25) is 0 Å². The molecule has 2 saturated heterocycles. The molecule has 3 atom stereocenters. The minimum absolute atomic E-state index is 0.0472. The van der Waals surface area contributed by atoms with Crippen LogP contribution < -0.4 is 0 Å². The Morgan fingerprint density at radius 2 is 1.80 bits per heavy atom. The van der Waals surface area contributed by atoms with Gasteiger partial charge in [-0.2, -0.15) is 0 Å². The van der Waals surface area contributed by atoms with E-state index in [1.165, 1.54) is 0 Å². The van der Waals surface area contributed by atoms with Crippen molar-refractivity contribution in [3.63, 3.8) is 0 Å². The number of amides is 2. The summed E-state index contributed by atoms with van der Waals surface area (Å²) >= 11 is 0. The van der Waals surface area contributed by atoms with Crippen LogP contribution in [0.5, 0.6) is 0 Å². The van der Waals surface area contributed by atoms with Gasteiger partial charge in [0, 0.05) is 12.5 Å². The van der Waals surface area contributed by atoms with Crippen molar-refractivity contribution in [3.8, 4) is 0 Å². The third-order valence-electron chi connectivity index (χ3n) is 5.64. The van der Waals surface area contributed by atoms with Gasteiger partial charge in [0.15, 0.2) is 0 Å². The minimum Gasteiger partial charge on any atom is -0.370 e. The Kier molecular flexibility index (Phi) is 4.50. The van der Waals surface area contributed by atoms with Crippen molar-refractivity contribution in [2.24, 2.45) is 5.92 Å². The third-order valence-corrected chi connectivity index (χ3v) is 5.64. The number of hydrogen-bond acceptors (Lipinski definition) is 3. The molecule has 0 bridgehead atoms. The first-order valence-electron chi connectivity index (χ1n) is 9.42. The predicted octanol–water partition coefficient (Wildman–Crippen LogP) is 2.38. The molecular weight excluding hydrogens is 316 g/mol. The molecule has 5 heteroatoms. The fourth-order valence-electron chi connectivity index (χ4n) is 3.98. The van der Waals surface area contributed by atoms with Crippen LogP contribution in [0.3, 0.4) is 0 Å². The van der Waals surface area contributed by atoms with Crippen LogP contribution in [-0.4, -0.2) is 53.4 Å². The lowest BCUT2D eigenvalue weighted by Crippen LogP contribution is -2.55. The lowest BCUT2D eigenvalue weighted by Gasteiger charge is -2.40. The first kappa shape index (κ1) is 16.6. The highest BCUT2D eigenvalue weighted by atomic mass is 16.5. The van der Waals surface area contributed by atoms with E-state index < -0.39 is 0 Å². The van der Waals surface area contributed by atoms with Crippen LogP contribution in [0.4, 0.5) is 0 Å². The summed E-state index contributed by atoms with van der Waals surface area (Å²) in [5.41, 5.74) is 1.10. The number of benzene rings is 1. The molecule has 0 unspecified atom stereocenters. The van der Waals surface area contributed by atoms with Gasteiger partial charge in [0.05, 0.1) is 19.2 Å². The van der Waals surface area contributed by atoms with E-state index in [0.29, 0.717) is 13.2 Å². The van der Waals surface area contributed by atoms with Crippen molar-refractivity contribution in [2.75, 3.05) is 19.7 Å². The molecular formula is C20H26N2O3. The second-order valence-electron chi connectivity index (χ2n) is 7.54. The number of hydrogen-bond donors (Lipinski definition) is 0. The predicted molar refractivity (Wildman–Crippen MR) is 93.8 cm³/mol. The van der Waals surface area contributed by atoms with Crippen molar-refractivity contribution in [3.05, 3.63) is 35.9 Å². The Hall–Kier alpha value is -1.88. The summed E-state index contributed by atoms with van der Waals surface area (Å²) in [6.45, 7) is 3.86. The lowest BCUT2D eigenvalue weighted by molar-refractivity contribution is -0.153. The van der Waals surface area contributed by atoms with Crippen molar-refractivity contribution >= 4 is 11.8 Å². The van der Waals surface area contributed by atoms with Gasteiger partial charge in [-0.25, -0.2) is 0 Å². The molecule has 5 nitrogen and oxygen atoms in total. The highest BCUT2D eigenvalue weighted by Gasteiger charge is 2.43. The second-order valence-corrected chi connectivity index (χ2v) is 7.54. The van der Waals surface area contributed by atoms with E-state index in [2.05, 4.69) is 0 Å². The first-order valence-corrected chi connectivity index (χ1v) is 9.42. The van der Waals surface area contributed by atoms with Crippen LogP contribution in [0.25, 0.3) is 0 Å². The Morgan fingerprint density at radius 3 is 2.52 bits per heavy atom. The Balaban J connectivity index is 1.48. The monoisotopic (exact) mass is 342 g/mol. The number of carbonyl (C=O) groups is 2. The van der Waals surface area contributed by atoms with E-state index in [-0.39, 0.29) is 35.9 Å². The van der Waals surface area contributed by atoms with Gasteiger partial charge in [-0.1, -0.05) is 30.3 Å². The summed E-state index contributed by atoms with van der Waals surface area (Å²) in [7, 11) is 0. The van der Waals surface area contributed by atoms with Gasteiger partial charge in [0.1, 0.15) is 12.1 Å². The molecule has 2 aliphatic heterocycles. The van der Waals surface area contributed by atoms with Gasteiger partial charge in [0.25, 0.3) is 0 Å². The van der Waals surface area contributed by atoms with E-state index in [1.807, 2.05) is 47.1 Å². The average molecular weight is 342 g/mol. The molecule has 3 fully saturated rings. The zero-order valence-electron chi connectivity index (χ0n) is 14.8. The maximum Gasteiger partial charge on any atom is 0.245 e. The lowest BCUT2D eigenvalue weighted by atomic mass is 10.0. The SMILES string of the molecule is C[C@@H]1CO[C@H](c2ccccc2)CN1C(=O)[C@H]1CCCN1C(=O)C1CC1. The maximum atomic E-state index is 13.2. The number of carbonyl (C=O) groups excluding carboxylic acids is 2. The molecule has 1 aromatic carbocycles. The molecule has 3 aliphatic rings. The summed E-state index contributed by atoms with van der Waals surface area (Å²) in [5.74, 6) is 0.465. The minimum atomic E-state index is -0.273. The summed E-state index contributed by atoms with van der Waals surface area (Å²) in [5, 5.41) is 0. The molecule has 1 aliphatic carbocycles. The van der Waals surface area contributed by atoms with Crippen molar-refractivity contribution in [1.82, 2.24) is 9.80 Å². The Labute approximate surface area is 148 Å². The van der Waals surface area contributed by atoms with Gasteiger partial charge >= 0.3 is 0 Å². The summed E-state index contributed by atoms with van der Waals surface area (Å²) < 4.78 is 5.97. The first-order chi connectivity index (χ1) is 12.1. The molecule has 0 aromatic heterocycles. The van der Waals surface area contributed by atoms with Crippen molar-refractivity contribution in [1.29, 1.82) is 0 Å². The Bertz CT molecular complexity index is 644. The molecule has 2 amide bonds. The number of nitrogens with zero attached hydrogens (tertiary/aromatic N) is 2. The standard InChI is InChI=1S/C20H26N2O3/c1-14-13-25-18(15-6-3-2-4-7-15)12-22(14)20(24)17-8-5-11-21(17)19(23)16-9-10-16/h2-4,6-7,14,16-18H,5,8-13H2,1H3/t14-,17-,18+/m1/s1. The van der Waals surface area contributed by atoms with E-state index in [4.69, 9.17) is 4.74 Å². The van der Waals surface area contributed by atoms with E-state index in [0.717, 1.165) is 37.8 Å². The molecule has 134 valence electrons. The molecule has 0 radical (unpaired) electrons. The molecule has 2 heterocycles. The molecule has 1 aromatic rings. The number of likely N-dealkylation sites (tertiary alicyclic amines) is 1. The van der Waals surface area contributed by atoms with Crippen LogP contribution in [0.1, 0.15) is 44.3 Å². The van der Waals surface area contributed by atoms with E-state index >= 15 is 0 Å². The van der Waals surface area contributed by atoms with Crippen molar-refractivity contribution < 1.29 is 14.3 Å². The third kappa shape index (κ3) is 3.30. The molecule has 0 N–H and O–H groups in total.